The van der Waals surface area contributed by atoms with Gasteiger partial charge in [0.25, 0.3) is 0 Å². The third kappa shape index (κ3) is 6.98. The van der Waals surface area contributed by atoms with E-state index in [2.05, 4.69) is 0 Å². The Bertz CT molecular complexity index is 1100. The second kappa shape index (κ2) is 12.4. The van der Waals surface area contributed by atoms with Crippen molar-refractivity contribution in [3.63, 3.8) is 0 Å². The number of ether oxygens (including phenoxy) is 4. The Balaban J connectivity index is 2.00. The van der Waals surface area contributed by atoms with Crippen LogP contribution in [0.2, 0.25) is 0 Å². The lowest BCUT2D eigenvalue weighted by Gasteiger charge is -2.15. The van der Waals surface area contributed by atoms with E-state index in [1.54, 1.807) is 21.3 Å². The van der Waals surface area contributed by atoms with E-state index in [1.807, 2.05) is 85.0 Å². The van der Waals surface area contributed by atoms with E-state index in [0.717, 1.165) is 45.1 Å². The number of carbonyl (C=O) groups is 1. The largest absolute Gasteiger partial charge is 0.497 e. The summed E-state index contributed by atoms with van der Waals surface area (Å²) in [4.78, 5) is 11.9. The highest BCUT2D eigenvalue weighted by Crippen LogP contribution is 2.30. The molecule has 6 heteroatoms. The molecule has 0 aliphatic heterocycles. The number of nitrogens with two attached hydrogens (primary N) is 1. The molecule has 35 heavy (non-hydrogen) atoms. The topological polar surface area (TPSA) is 80.0 Å². The molecule has 0 fully saturated rings. The van der Waals surface area contributed by atoms with Gasteiger partial charge in [0.1, 0.15) is 23.3 Å². The number of hydrogen-bond acceptors (Lipinski definition) is 6. The van der Waals surface area contributed by atoms with Gasteiger partial charge in [-0.2, -0.15) is 0 Å². The standard InChI is InChI=1S/C29H31NO5/c1-32-25-13-7-20(8-14-25)5-11-23-17-22(19-27(30)29(31)35-4)18-24(28(23)34-3)12-6-21-9-15-26(33-2)16-10-21/h5-18,27H,19,30H2,1-4H3/b11-5+,12-6+. The number of esters is 1. The second-order valence-electron chi connectivity index (χ2n) is 7.85. The van der Waals surface area contributed by atoms with Crippen LogP contribution in [0.25, 0.3) is 24.3 Å². The van der Waals surface area contributed by atoms with Crippen LogP contribution in [0.5, 0.6) is 17.2 Å². The predicted molar refractivity (Wildman–Crippen MR) is 141 cm³/mol. The zero-order chi connectivity index (χ0) is 25.2. The van der Waals surface area contributed by atoms with E-state index in [0.29, 0.717) is 6.42 Å². The quantitative estimate of drug-likeness (QED) is 0.326. The van der Waals surface area contributed by atoms with Crippen molar-refractivity contribution in [2.75, 3.05) is 28.4 Å². The van der Waals surface area contributed by atoms with Crippen molar-refractivity contribution in [2.45, 2.75) is 12.5 Å². The van der Waals surface area contributed by atoms with Crippen LogP contribution in [-0.4, -0.2) is 40.5 Å². The summed E-state index contributed by atoms with van der Waals surface area (Å²) < 4.78 is 21.1. The molecule has 0 aliphatic rings. The Morgan fingerprint density at radius 3 is 1.57 bits per heavy atom. The summed E-state index contributed by atoms with van der Waals surface area (Å²) in [6.45, 7) is 0. The van der Waals surface area contributed by atoms with Crippen LogP contribution >= 0.6 is 0 Å². The fourth-order valence-corrected chi connectivity index (χ4v) is 3.63. The first-order valence-corrected chi connectivity index (χ1v) is 11.2. The molecule has 3 aromatic rings. The van der Waals surface area contributed by atoms with Crippen LogP contribution in [0.15, 0.2) is 60.7 Å². The Morgan fingerprint density at radius 1 is 0.743 bits per heavy atom. The summed E-state index contributed by atoms with van der Waals surface area (Å²) in [6.07, 6.45) is 8.30. The van der Waals surface area contributed by atoms with Crippen molar-refractivity contribution in [3.8, 4) is 17.2 Å². The molecular weight excluding hydrogens is 442 g/mol. The number of rotatable bonds is 10. The molecule has 0 bridgehead atoms. The highest BCUT2D eigenvalue weighted by molar-refractivity contribution is 5.81. The third-order valence-corrected chi connectivity index (χ3v) is 5.51. The van der Waals surface area contributed by atoms with Crippen LogP contribution < -0.4 is 19.9 Å². The van der Waals surface area contributed by atoms with Gasteiger partial charge in [-0.05, 0) is 59.5 Å². The maximum absolute atomic E-state index is 11.9. The van der Waals surface area contributed by atoms with Gasteiger partial charge in [0.2, 0.25) is 0 Å². The lowest BCUT2D eigenvalue weighted by molar-refractivity contribution is -0.142. The molecule has 3 aromatic carbocycles. The summed E-state index contributed by atoms with van der Waals surface area (Å²) in [6, 6.07) is 18.7. The van der Waals surface area contributed by atoms with Crippen LogP contribution in [0.4, 0.5) is 0 Å². The molecule has 0 heterocycles. The second-order valence-corrected chi connectivity index (χ2v) is 7.85. The number of methoxy groups -OCH3 is 4. The molecule has 0 aliphatic carbocycles. The van der Waals surface area contributed by atoms with E-state index < -0.39 is 12.0 Å². The molecule has 0 aromatic heterocycles. The van der Waals surface area contributed by atoms with Crippen LogP contribution in [0, 0.1) is 0 Å². The smallest absolute Gasteiger partial charge is 0.322 e. The highest BCUT2D eigenvalue weighted by atomic mass is 16.5. The number of hydrogen-bond donors (Lipinski definition) is 1. The summed E-state index contributed by atoms with van der Waals surface area (Å²) in [5, 5.41) is 0. The first kappa shape index (κ1) is 25.6. The Labute approximate surface area is 206 Å². The van der Waals surface area contributed by atoms with E-state index in [-0.39, 0.29) is 0 Å². The lowest BCUT2D eigenvalue weighted by atomic mass is 9.97. The highest BCUT2D eigenvalue weighted by Gasteiger charge is 2.16. The monoisotopic (exact) mass is 473 g/mol. The van der Waals surface area contributed by atoms with Gasteiger partial charge in [-0.3, -0.25) is 4.79 Å². The average molecular weight is 474 g/mol. The molecule has 0 saturated carbocycles. The SMILES string of the molecule is COC(=O)C(N)Cc1cc(/C=C/c2ccc(OC)cc2)c(OC)c(/C=C/c2ccc(OC)cc2)c1. The molecule has 1 atom stereocenters. The van der Waals surface area contributed by atoms with Crippen LogP contribution in [0.1, 0.15) is 27.8 Å². The average Bonchev–Trinajstić information content (AvgIpc) is 2.90. The molecule has 0 radical (unpaired) electrons. The summed E-state index contributed by atoms with van der Waals surface area (Å²) in [7, 11) is 6.26. The minimum absolute atomic E-state index is 0.337. The molecule has 3 rings (SSSR count). The van der Waals surface area contributed by atoms with Crippen LogP contribution in [0.3, 0.4) is 0 Å². The number of carbonyl (C=O) groups excluding carboxylic acids is 1. The molecule has 182 valence electrons. The van der Waals surface area contributed by atoms with Crippen molar-refractivity contribution >= 4 is 30.3 Å². The first-order chi connectivity index (χ1) is 17.0. The zero-order valence-electron chi connectivity index (χ0n) is 20.5. The molecule has 2 N–H and O–H groups in total. The minimum atomic E-state index is -0.759. The van der Waals surface area contributed by atoms with Gasteiger partial charge in [-0.15, -0.1) is 0 Å². The minimum Gasteiger partial charge on any atom is -0.497 e. The maximum atomic E-state index is 11.9. The molecule has 0 saturated heterocycles. The van der Waals surface area contributed by atoms with E-state index in [9.17, 15) is 4.79 Å². The van der Waals surface area contributed by atoms with Crippen molar-refractivity contribution in [1.82, 2.24) is 0 Å². The lowest BCUT2D eigenvalue weighted by Crippen LogP contribution is -2.33. The van der Waals surface area contributed by atoms with Gasteiger partial charge in [-0.1, -0.05) is 48.6 Å². The molecule has 0 amide bonds. The molecule has 1 unspecified atom stereocenters. The van der Waals surface area contributed by atoms with Gasteiger partial charge in [0.05, 0.1) is 28.4 Å². The van der Waals surface area contributed by atoms with E-state index in [1.165, 1.54) is 7.11 Å². The fraction of sp³-hybridized carbons (Fsp3) is 0.207. The fourth-order valence-electron chi connectivity index (χ4n) is 3.63. The Kier molecular flexibility index (Phi) is 9.09. The Hall–Kier alpha value is -4.03. The summed E-state index contributed by atoms with van der Waals surface area (Å²) in [5.41, 5.74) is 10.7. The Morgan fingerprint density at radius 2 is 1.20 bits per heavy atom. The molecular formula is C29H31NO5. The maximum Gasteiger partial charge on any atom is 0.322 e. The first-order valence-electron chi connectivity index (χ1n) is 11.2. The van der Waals surface area contributed by atoms with E-state index >= 15 is 0 Å². The van der Waals surface area contributed by atoms with Gasteiger partial charge in [0, 0.05) is 11.1 Å². The summed E-state index contributed by atoms with van der Waals surface area (Å²) >= 11 is 0. The van der Waals surface area contributed by atoms with Crippen molar-refractivity contribution in [1.29, 1.82) is 0 Å². The zero-order valence-corrected chi connectivity index (χ0v) is 20.5. The van der Waals surface area contributed by atoms with Crippen LogP contribution in [-0.2, 0) is 16.0 Å². The molecule has 0 spiro atoms. The van der Waals surface area contributed by atoms with Gasteiger partial charge >= 0.3 is 5.97 Å². The van der Waals surface area contributed by atoms with Crippen molar-refractivity contribution in [3.05, 3.63) is 88.5 Å². The molecule has 6 nitrogen and oxygen atoms in total. The van der Waals surface area contributed by atoms with Crippen molar-refractivity contribution < 1.29 is 23.7 Å². The van der Waals surface area contributed by atoms with Gasteiger partial charge in [-0.25, -0.2) is 0 Å². The third-order valence-electron chi connectivity index (χ3n) is 5.51. The predicted octanol–water partition coefficient (Wildman–Crippen LogP) is 5.10. The summed E-state index contributed by atoms with van der Waals surface area (Å²) in [5.74, 6) is 1.86. The van der Waals surface area contributed by atoms with Gasteiger partial charge < -0.3 is 24.7 Å². The van der Waals surface area contributed by atoms with Gasteiger partial charge in [0.15, 0.2) is 0 Å². The number of benzene rings is 3. The van der Waals surface area contributed by atoms with Crippen molar-refractivity contribution in [2.24, 2.45) is 5.73 Å². The normalized spacial score (nSPS) is 12.0. The van der Waals surface area contributed by atoms with E-state index in [4.69, 9.17) is 24.7 Å².